The van der Waals surface area contributed by atoms with Crippen LogP contribution in [0.3, 0.4) is 0 Å². The fraction of sp³-hybridized carbons (Fsp3) is 0.161. The van der Waals surface area contributed by atoms with Crippen molar-refractivity contribution in [1.82, 2.24) is 14.5 Å². The Morgan fingerprint density at radius 3 is 2.35 bits per heavy atom. The second-order valence-corrected chi connectivity index (χ2v) is 9.58. The van der Waals surface area contributed by atoms with Gasteiger partial charge >= 0.3 is 5.69 Å². The van der Waals surface area contributed by atoms with Crippen molar-refractivity contribution in [1.29, 1.82) is 0 Å². The first-order chi connectivity index (χ1) is 19.3. The van der Waals surface area contributed by atoms with E-state index in [1.807, 2.05) is 32.0 Å². The monoisotopic (exact) mass is 536 g/mol. The van der Waals surface area contributed by atoms with E-state index in [2.05, 4.69) is 10.6 Å². The minimum absolute atomic E-state index is 0.0183. The second kappa shape index (κ2) is 11.3. The predicted molar refractivity (Wildman–Crippen MR) is 152 cm³/mol. The van der Waals surface area contributed by atoms with Gasteiger partial charge in [0.2, 0.25) is 5.91 Å². The van der Waals surface area contributed by atoms with E-state index in [0.717, 1.165) is 15.7 Å². The molecule has 5 rings (SSSR count). The zero-order chi connectivity index (χ0) is 28.2. The molecule has 0 saturated heterocycles. The molecule has 2 aromatic heterocycles. The molecule has 0 bridgehead atoms. The summed E-state index contributed by atoms with van der Waals surface area (Å²) < 4.78 is 7.64. The minimum Gasteiger partial charge on any atom is -0.467 e. The normalized spacial score (nSPS) is 10.9. The molecule has 0 radical (unpaired) electrons. The number of rotatable bonds is 8. The number of benzene rings is 3. The largest absolute Gasteiger partial charge is 0.467 e. The average molecular weight is 537 g/mol. The van der Waals surface area contributed by atoms with E-state index in [1.54, 1.807) is 60.7 Å². The number of nitrogens with one attached hydrogen (secondary N) is 2. The van der Waals surface area contributed by atoms with Gasteiger partial charge in [0.05, 0.1) is 30.3 Å². The van der Waals surface area contributed by atoms with Crippen LogP contribution >= 0.6 is 0 Å². The quantitative estimate of drug-likeness (QED) is 0.311. The molecule has 0 spiro atoms. The Kier molecular flexibility index (Phi) is 7.46. The van der Waals surface area contributed by atoms with Gasteiger partial charge in [-0.2, -0.15) is 0 Å². The standard InChI is InChI=1S/C31H28N4O5/c1-20-9-14-24(16-21(20)2)33-28(36)19-34-27-8-4-3-7-26(27)30(38)35(31(34)39)18-22-10-12-23(13-11-22)29(37)32-17-25-6-5-15-40-25/h3-16H,17-19H2,1-2H3,(H,32,37)(H,33,36). The molecule has 2 N–H and O–H groups in total. The fourth-order valence-electron chi connectivity index (χ4n) is 4.45. The highest BCUT2D eigenvalue weighted by Gasteiger charge is 2.16. The summed E-state index contributed by atoms with van der Waals surface area (Å²) in [5.41, 5.74) is 3.19. The molecule has 0 fully saturated rings. The van der Waals surface area contributed by atoms with E-state index < -0.39 is 11.2 Å². The first-order valence-electron chi connectivity index (χ1n) is 12.8. The maximum absolute atomic E-state index is 13.5. The van der Waals surface area contributed by atoms with Crippen LogP contribution in [0.15, 0.2) is 99.1 Å². The Balaban J connectivity index is 1.39. The lowest BCUT2D eigenvalue weighted by Crippen LogP contribution is -2.42. The highest BCUT2D eigenvalue weighted by atomic mass is 16.3. The van der Waals surface area contributed by atoms with Crippen LogP contribution in [-0.4, -0.2) is 20.9 Å². The van der Waals surface area contributed by atoms with Gasteiger partial charge in [0, 0.05) is 11.3 Å². The van der Waals surface area contributed by atoms with Crippen molar-refractivity contribution >= 4 is 28.4 Å². The lowest BCUT2D eigenvalue weighted by atomic mass is 10.1. The number of aromatic nitrogens is 2. The van der Waals surface area contributed by atoms with E-state index in [0.29, 0.717) is 33.5 Å². The van der Waals surface area contributed by atoms with Crippen molar-refractivity contribution < 1.29 is 14.0 Å². The molecule has 5 aromatic rings. The van der Waals surface area contributed by atoms with Crippen molar-refractivity contribution in [2.45, 2.75) is 33.5 Å². The van der Waals surface area contributed by atoms with Crippen LogP contribution in [0.2, 0.25) is 0 Å². The summed E-state index contributed by atoms with van der Waals surface area (Å²) in [6.07, 6.45) is 1.54. The van der Waals surface area contributed by atoms with Crippen molar-refractivity contribution in [3.05, 3.63) is 134 Å². The summed E-state index contributed by atoms with van der Waals surface area (Å²) in [6.45, 7) is 3.92. The van der Waals surface area contributed by atoms with E-state index in [9.17, 15) is 19.2 Å². The molecule has 0 unspecified atom stereocenters. The number of amides is 2. The fourth-order valence-corrected chi connectivity index (χ4v) is 4.45. The number of hydrogen-bond donors (Lipinski definition) is 2. The van der Waals surface area contributed by atoms with Gasteiger partial charge in [-0.05, 0) is 79.1 Å². The Labute approximate surface area is 229 Å². The van der Waals surface area contributed by atoms with Crippen LogP contribution in [0.4, 0.5) is 5.69 Å². The van der Waals surface area contributed by atoms with Crippen LogP contribution in [0.5, 0.6) is 0 Å². The van der Waals surface area contributed by atoms with Crippen LogP contribution in [-0.2, 0) is 24.4 Å². The van der Waals surface area contributed by atoms with Crippen LogP contribution < -0.4 is 21.9 Å². The molecule has 2 amide bonds. The highest BCUT2D eigenvalue weighted by Crippen LogP contribution is 2.15. The lowest BCUT2D eigenvalue weighted by molar-refractivity contribution is -0.116. The molecule has 9 nitrogen and oxygen atoms in total. The number of furan rings is 1. The third-order valence-electron chi connectivity index (χ3n) is 6.78. The number of para-hydroxylation sites is 1. The number of aryl methyl sites for hydroxylation is 2. The molecular weight excluding hydrogens is 508 g/mol. The Hall–Kier alpha value is -5.18. The summed E-state index contributed by atoms with van der Waals surface area (Å²) in [5.74, 6) is -0.0202. The molecule has 0 aliphatic rings. The molecule has 9 heteroatoms. The van der Waals surface area contributed by atoms with Gasteiger partial charge in [0.1, 0.15) is 12.3 Å². The maximum atomic E-state index is 13.5. The van der Waals surface area contributed by atoms with E-state index in [-0.39, 0.29) is 31.4 Å². The molecule has 3 aromatic carbocycles. The van der Waals surface area contributed by atoms with Crippen LogP contribution in [0.1, 0.15) is 32.8 Å². The van der Waals surface area contributed by atoms with Gasteiger partial charge < -0.3 is 15.1 Å². The number of anilines is 1. The molecule has 0 aliphatic heterocycles. The smallest absolute Gasteiger partial charge is 0.332 e. The van der Waals surface area contributed by atoms with Gasteiger partial charge in [-0.3, -0.25) is 23.5 Å². The summed E-state index contributed by atoms with van der Waals surface area (Å²) in [4.78, 5) is 52.3. The Morgan fingerprint density at radius 1 is 0.850 bits per heavy atom. The minimum atomic E-state index is -0.598. The third kappa shape index (κ3) is 5.63. The van der Waals surface area contributed by atoms with Gasteiger partial charge in [-0.25, -0.2) is 4.79 Å². The summed E-state index contributed by atoms with van der Waals surface area (Å²) in [6, 6.07) is 22.5. The van der Waals surface area contributed by atoms with Gasteiger partial charge in [0.15, 0.2) is 0 Å². The van der Waals surface area contributed by atoms with Crippen molar-refractivity contribution in [3.63, 3.8) is 0 Å². The molecule has 0 atom stereocenters. The molecule has 0 saturated carbocycles. The van der Waals surface area contributed by atoms with Gasteiger partial charge in [0.25, 0.3) is 11.5 Å². The van der Waals surface area contributed by atoms with Crippen molar-refractivity contribution in [2.24, 2.45) is 0 Å². The number of carbonyl (C=O) groups is 2. The molecule has 0 aliphatic carbocycles. The van der Waals surface area contributed by atoms with Crippen molar-refractivity contribution in [3.8, 4) is 0 Å². The van der Waals surface area contributed by atoms with Gasteiger partial charge in [-0.15, -0.1) is 0 Å². The van der Waals surface area contributed by atoms with Crippen LogP contribution in [0.25, 0.3) is 10.9 Å². The molecule has 40 heavy (non-hydrogen) atoms. The first kappa shape index (κ1) is 26.4. The summed E-state index contributed by atoms with van der Waals surface area (Å²) in [7, 11) is 0. The number of nitrogens with zero attached hydrogens (tertiary/aromatic N) is 2. The van der Waals surface area contributed by atoms with E-state index >= 15 is 0 Å². The first-order valence-corrected chi connectivity index (χ1v) is 12.8. The van der Waals surface area contributed by atoms with Crippen molar-refractivity contribution in [2.75, 3.05) is 5.32 Å². The maximum Gasteiger partial charge on any atom is 0.332 e. The molecule has 2 heterocycles. The zero-order valence-corrected chi connectivity index (χ0v) is 22.1. The summed E-state index contributed by atoms with van der Waals surface area (Å²) >= 11 is 0. The SMILES string of the molecule is Cc1ccc(NC(=O)Cn2c(=O)n(Cc3ccc(C(=O)NCc4ccco4)cc3)c(=O)c3ccccc32)cc1C. The third-order valence-corrected chi connectivity index (χ3v) is 6.78. The number of fused-ring (bicyclic) bond motifs is 1. The Bertz CT molecular complexity index is 1820. The highest BCUT2D eigenvalue weighted by molar-refractivity contribution is 5.94. The average Bonchev–Trinajstić information content (AvgIpc) is 3.48. The summed E-state index contributed by atoms with van der Waals surface area (Å²) in [5, 5.41) is 5.95. The second-order valence-electron chi connectivity index (χ2n) is 9.58. The van der Waals surface area contributed by atoms with E-state index in [4.69, 9.17) is 4.42 Å². The Morgan fingerprint density at radius 2 is 1.62 bits per heavy atom. The van der Waals surface area contributed by atoms with Gasteiger partial charge in [-0.1, -0.05) is 30.3 Å². The van der Waals surface area contributed by atoms with E-state index in [1.165, 1.54) is 10.8 Å². The predicted octanol–water partition coefficient (Wildman–Crippen LogP) is 3.99. The molecule has 202 valence electrons. The zero-order valence-electron chi connectivity index (χ0n) is 22.1. The van der Waals surface area contributed by atoms with Crippen LogP contribution in [0, 0.1) is 13.8 Å². The molecular formula is C31H28N4O5. The lowest BCUT2D eigenvalue weighted by Gasteiger charge is -2.15. The number of carbonyl (C=O) groups excluding carboxylic acids is 2. The number of hydrogen-bond acceptors (Lipinski definition) is 5. The topological polar surface area (TPSA) is 115 Å².